The summed E-state index contributed by atoms with van der Waals surface area (Å²) in [4.78, 5) is 22.2. The van der Waals surface area contributed by atoms with Crippen molar-refractivity contribution in [1.82, 2.24) is 10.2 Å². The molecule has 0 fully saturated rings. The average molecular weight is 530 g/mol. The molecule has 4 aromatic rings. The van der Waals surface area contributed by atoms with E-state index in [1.165, 1.54) is 38.5 Å². The van der Waals surface area contributed by atoms with Gasteiger partial charge >= 0.3 is 5.97 Å². The molecule has 0 aliphatic heterocycles. The van der Waals surface area contributed by atoms with Crippen LogP contribution >= 0.6 is 23.4 Å². The van der Waals surface area contributed by atoms with Gasteiger partial charge in [0, 0.05) is 17.2 Å². The number of carbonyl (C=O) groups is 1. The minimum atomic E-state index is -1.24. The van der Waals surface area contributed by atoms with Crippen LogP contribution in [0.5, 0.6) is 11.5 Å². The zero-order valence-electron chi connectivity index (χ0n) is 18.6. The molecule has 2 heterocycles. The van der Waals surface area contributed by atoms with Crippen LogP contribution in [0.2, 0.25) is 5.02 Å². The van der Waals surface area contributed by atoms with Crippen LogP contribution < -0.4 is 9.47 Å². The van der Waals surface area contributed by atoms with E-state index < -0.39 is 10.9 Å². The maximum Gasteiger partial charge on any atom is 0.342 e. The molecule has 13 heteroatoms. The predicted octanol–water partition coefficient (Wildman–Crippen LogP) is 5.79. The molecule has 0 radical (unpaired) electrons. The maximum absolute atomic E-state index is 11.9. The van der Waals surface area contributed by atoms with Crippen molar-refractivity contribution in [1.29, 1.82) is 0 Å². The van der Waals surface area contributed by atoms with Crippen LogP contribution in [-0.4, -0.2) is 40.4 Å². The number of benzene rings is 2. The summed E-state index contributed by atoms with van der Waals surface area (Å²) in [6.45, 7) is 0. The minimum absolute atomic E-state index is 0.0236. The molecule has 0 saturated heterocycles. The van der Waals surface area contributed by atoms with Gasteiger partial charge in [-0.25, -0.2) is 4.79 Å². The maximum atomic E-state index is 11.9. The van der Waals surface area contributed by atoms with Crippen LogP contribution in [0.4, 0.5) is 5.69 Å². The lowest BCUT2D eigenvalue weighted by molar-refractivity contribution is -0.384. The number of hydrogen-bond acceptors (Lipinski definition) is 10. The zero-order chi connectivity index (χ0) is 25.8. The lowest BCUT2D eigenvalue weighted by atomic mass is 10.1. The Kier molecular flexibility index (Phi) is 7.27. The summed E-state index contributed by atoms with van der Waals surface area (Å²) in [7, 11) is 2.86. The number of furan rings is 1. The van der Waals surface area contributed by atoms with Crippen LogP contribution in [0.1, 0.15) is 5.76 Å². The molecule has 36 heavy (non-hydrogen) atoms. The fourth-order valence-corrected chi connectivity index (χ4v) is 3.96. The fourth-order valence-electron chi connectivity index (χ4n) is 3.14. The molecule has 0 atom stereocenters. The van der Waals surface area contributed by atoms with Gasteiger partial charge in [-0.1, -0.05) is 11.6 Å². The largest absolute Gasteiger partial charge is 0.496 e. The first-order valence-corrected chi connectivity index (χ1v) is 11.2. The molecule has 0 aliphatic carbocycles. The van der Waals surface area contributed by atoms with Gasteiger partial charge in [0.15, 0.2) is 0 Å². The van der Waals surface area contributed by atoms with Crippen molar-refractivity contribution >= 4 is 41.1 Å². The number of rotatable bonds is 9. The summed E-state index contributed by atoms with van der Waals surface area (Å²) in [5, 5.41) is 29.0. The first kappa shape index (κ1) is 24.8. The normalized spacial score (nSPS) is 11.4. The molecule has 0 unspecified atom stereocenters. The second-order valence-corrected chi connectivity index (χ2v) is 8.41. The second kappa shape index (κ2) is 10.5. The monoisotopic (exact) mass is 529 g/mol. The first-order valence-electron chi connectivity index (χ1n) is 10.0. The number of non-ortho nitro benzene ring substituents is 1. The Morgan fingerprint density at radius 2 is 1.83 bits per heavy atom. The zero-order valence-corrected chi connectivity index (χ0v) is 20.2. The highest BCUT2D eigenvalue weighted by molar-refractivity contribution is 8.03. The minimum Gasteiger partial charge on any atom is -0.496 e. The summed E-state index contributed by atoms with van der Waals surface area (Å²) in [6.07, 6.45) is 1.29. The number of hydrogen-bond donors (Lipinski definition) is 1. The highest BCUT2D eigenvalue weighted by Gasteiger charge is 2.20. The van der Waals surface area contributed by atoms with E-state index in [-0.39, 0.29) is 33.2 Å². The van der Waals surface area contributed by atoms with Crippen molar-refractivity contribution in [2.24, 2.45) is 0 Å². The van der Waals surface area contributed by atoms with E-state index in [0.717, 1.165) is 11.8 Å². The standard InChI is InChI=1S/C23H16ClN3O8S/c1-32-17-7-3-12(24)9-16(17)21-25-26-23(35-21)36-20(22(28)29)11-14-5-8-18(34-14)15-6-4-13(27(30)31)10-19(15)33-2/h3-11H,1-2H3,(H,28,29)/b20-11-. The van der Waals surface area contributed by atoms with E-state index in [1.807, 2.05) is 0 Å². The lowest BCUT2D eigenvalue weighted by Gasteiger charge is -2.05. The Balaban J connectivity index is 1.60. The molecular weight excluding hydrogens is 514 g/mol. The van der Waals surface area contributed by atoms with Crippen molar-refractivity contribution in [2.75, 3.05) is 14.2 Å². The summed E-state index contributed by atoms with van der Waals surface area (Å²) in [5.74, 6) is 0.0932. The molecule has 1 N–H and O–H groups in total. The summed E-state index contributed by atoms with van der Waals surface area (Å²) >= 11 is 6.78. The molecule has 0 saturated carbocycles. The number of methoxy groups -OCH3 is 2. The SMILES string of the molecule is COc1cc([N+](=O)[O-])ccc1-c1ccc(/C=C(\Sc2nnc(-c3cc(Cl)ccc3OC)o2)C(=O)O)o1. The van der Waals surface area contributed by atoms with Gasteiger partial charge in [-0.15, -0.1) is 10.2 Å². The predicted molar refractivity (Wildman–Crippen MR) is 130 cm³/mol. The van der Waals surface area contributed by atoms with Crippen LogP contribution in [0.15, 0.2) is 67.5 Å². The van der Waals surface area contributed by atoms with Crippen LogP contribution in [0, 0.1) is 10.1 Å². The number of nitro groups is 1. The van der Waals surface area contributed by atoms with Gasteiger partial charge in [0.05, 0.1) is 36.3 Å². The highest BCUT2D eigenvalue weighted by Crippen LogP contribution is 2.37. The number of nitro benzene ring substituents is 1. The van der Waals surface area contributed by atoms with Crippen LogP contribution in [-0.2, 0) is 4.79 Å². The number of thioether (sulfide) groups is 1. The Morgan fingerprint density at radius 1 is 1.06 bits per heavy atom. The number of carboxylic acids is 1. The van der Waals surface area contributed by atoms with Gasteiger partial charge in [-0.2, -0.15) is 0 Å². The van der Waals surface area contributed by atoms with E-state index >= 15 is 0 Å². The highest BCUT2D eigenvalue weighted by atomic mass is 35.5. The van der Waals surface area contributed by atoms with Crippen LogP contribution in [0.25, 0.3) is 28.9 Å². The Morgan fingerprint density at radius 3 is 2.53 bits per heavy atom. The third kappa shape index (κ3) is 5.34. The third-order valence-electron chi connectivity index (χ3n) is 4.77. The number of carboxylic acid groups (broad SMARTS) is 1. The van der Waals surface area contributed by atoms with Crippen molar-refractivity contribution in [3.8, 4) is 34.3 Å². The molecule has 4 rings (SSSR count). The van der Waals surface area contributed by atoms with E-state index in [9.17, 15) is 20.0 Å². The Hall–Kier alpha value is -4.29. The number of aliphatic carboxylic acids is 1. The summed E-state index contributed by atoms with van der Waals surface area (Å²) in [5.41, 5.74) is 0.781. The van der Waals surface area contributed by atoms with Gasteiger partial charge < -0.3 is 23.4 Å². The molecule has 2 aromatic heterocycles. The quantitative estimate of drug-likeness (QED) is 0.121. The smallest absolute Gasteiger partial charge is 0.342 e. The topological polar surface area (TPSA) is 151 Å². The summed E-state index contributed by atoms with van der Waals surface area (Å²) in [6, 6.07) is 12.1. The van der Waals surface area contributed by atoms with Gasteiger partial charge in [0.25, 0.3) is 16.8 Å². The summed E-state index contributed by atoms with van der Waals surface area (Å²) < 4.78 is 21.9. The van der Waals surface area contributed by atoms with E-state index in [0.29, 0.717) is 27.7 Å². The third-order valence-corrected chi connectivity index (χ3v) is 5.86. The van der Waals surface area contributed by atoms with Crippen LogP contribution in [0.3, 0.4) is 0 Å². The van der Waals surface area contributed by atoms with Gasteiger partial charge in [-0.05, 0) is 48.2 Å². The Labute approximate surface area is 212 Å². The van der Waals surface area contributed by atoms with Crippen molar-refractivity contribution in [3.63, 3.8) is 0 Å². The fraction of sp³-hybridized carbons (Fsp3) is 0.0870. The van der Waals surface area contributed by atoms with Gasteiger partial charge in [-0.3, -0.25) is 10.1 Å². The molecule has 0 aliphatic rings. The lowest BCUT2D eigenvalue weighted by Crippen LogP contribution is -1.96. The molecule has 2 aromatic carbocycles. The number of ether oxygens (including phenoxy) is 2. The van der Waals surface area contributed by atoms with Crippen molar-refractivity contribution in [2.45, 2.75) is 5.22 Å². The van der Waals surface area contributed by atoms with Gasteiger partial charge in [0.2, 0.25) is 0 Å². The molecular formula is C23H16ClN3O8S. The van der Waals surface area contributed by atoms with Crippen molar-refractivity contribution < 1.29 is 33.1 Å². The van der Waals surface area contributed by atoms with Crippen molar-refractivity contribution in [3.05, 3.63) is 74.3 Å². The molecule has 11 nitrogen and oxygen atoms in total. The van der Waals surface area contributed by atoms with E-state index in [4.69, 9.17) is 29.9 Å². The average Bonchev–Trinajstić information content (AvgIpc) is 3.53. The number of aromatic nitrogens is 2. The van der Waals surface area contributed by atoms with E-state index in [2.05, 4.69) is 10.2 Å². The Bertz CT molecular complexity index is 1480. The molecule has 0 spiro atoms. The molecule has 0 bridgehead atoms. The molecule has 0 amide bonds. The number of halogens is 1. The number of nitrogens with zero attached hydrogens (tertiary/aromatic N) is 3. The van der Waals surface area contributed by atoms with Gasteiger partial charge in [0.1, 0.15) is 27.9 Å². The van der Waals surface area contributed by atoms with E-state index in [1.54, 1.807) is 30.3 Å². The first-order chi connectivity index (χ1) is 17.3. The second-order valence-electron chi connectivity index (χ2n) is 6.98. The molecule has 184 valence electrons.